The van der Waals surface area contributed by atoms with Crippen molar-refractivity contribution in [2.45, 2.75) is 6.92 Å². The van der Waals surface area contributed by atoms with Crippen LogP contribution in [0.3, 0.4) is 0 Å². The quantitative estimate of drug-likeness (QED) is 0.767. The lowest BCUT2D eigenvalue weighted by molar-refractivity contribution is 0.0690. The molecule has 7 heteroatoms. The SMILES string of the molecule is Cc1csc(Nc2nc3ccccn3c2C(=O)O)n1. The topological polar surface area (TPSA) is 79.5 Å². The molecule has 6 nitrogen and oxygen atoms in total. The third kappa shape index (κ3) is 2.04. The predicted molar refractivity (Wildman–Crippen MR) is 72.3 cm³/mol. The molecule has 0 aliphatic heterocycles. The zero-order valence-electron chi connectivity index (χ0n) is 9.99. The minimum Gasteiger partial charge on any atom is -0.476 e. The van der Waals surface area contributed by atoms with E-state index >= 15 is 0 Å². The number of hydrogen-bond acceptors (Lipinski definition) is 5. The van der Waals surface area contributed by atoms with Crippen molar-refractivity contribution in [1.29, 1.82) is 0 Å². The lowest BCUT2D eigenvalue weighted by Gasteiger charge is -2.00. The summed E-state index contributed by atoms with van der Waals surface area (Å²) in [5.74, 6) is -0.734. The van der Waals surface area contributed by atoms with Gasteiger partial charge in [0.1, 0.15) is 5.65 Å². The Hall–Kier alpha value is -2.41. The van der Waals surface area contributed by atoms with E-state index in [2.05, 4.69) is 15.3 Å². The van der Waals surface area contributed by atoms with Gasteiger partial charge in [-0.15, -0.1) is 11.3 Å². The fourth-order valence-corrected chi connectivity index (χ4v) is 2.49. The average molecular weight is 274 g/mol. The van der Waals surface area contributed by atoms with Crippen LogP contribution in [0.25, 0.3) is 5.65 Å². The van der Waals surface area contributed by atoms with Gasteiger partial charge in [0.05, 0.1) is 5.69 Å². The van der Waals surface area contributed by atoms with Gasteiger partial charge < -0.3 is 10.4 Å². The Balaban J connectivity index is 2.12. The van der Waals surface area contributed by atoms with Gasteiger partial charge in [0, 0.05) is 11.6 Å². The molecule has 2 N–H and O–H groups in total. The molecule has 0 unspecified atom stereocenters. The van der Waals surface area contributed by atoms with Crippen molar-refractivity contribution in [3.05, 3.63) is 41.2 Å². The molecule has 3 heterocycles. The number of aryl methyl sites for hydroxylation is 1. The van der Waals surface area contributed by atoms with Crippen LogP contribution >= 0.6 is 11.3 Å². The fraction of sp³-hybridized carbons (Fsp3) is 0.0833. The summed E-state index contributed by atoms with van der Waals surface area (Å²) in [7, 11) is 0. The van der Waals surface area contributed by atoms with Crippen LogP contribution in [0.15, 0.2) is 29.8 Å². The molecule has 0 saturated heterocycles. The number of aromatic nitrogens is 3. The number of imidazole rings is 1. The Morgan fingerprint density at radius 2 is 2.26 bits per heavy atom. The summed E-state index contributed by atoms with van der Waals surface area (Å²) in [6.07, 6.45) is 1.67. The number of anilines is 2. The molecule has 0 fully saturated rings. The lowest BCUT2D eigenvalue weighted by Crippen LogP contribution is -2.05. The van der Waals surface area contributed by atoms with Gasteiger partial charge in [0.25, 0.3) is 0 Å². The first-order chi connectivity index (χ1) is 9.15. The second-order valence-corrected chi connectivity index (χ2v) is 4.82. The van der Waals surface area contributed by atoms with Crippen LogP contribution in [-0.2, 0) is 0 Å². The van der Waals surface area contributed by atoms with Crippen molar-refractivity contribution < 1.29 is 9.90 Å². The Labute approximate surface area is 112 Å². The molecule has 0 spiro atoms. The average Bonchev–Trinajstić information content (AvgIpc) is 2.92. The van der Waals surface area contributed by atoms with Crippen LogP contribution in [0, 0.1) is 6.92 Å². The summed E-state index contributed by atoms with van der Waals surface area (Å²) >= 11 is 1.41. The molecule has 96 valence electrons. The highest BCUT2D eigenvalue weighted by Crippen LogP contribution is 2.24. The highest BCUT2D eigenvalue weighted by Gasteiger charge is 2.19. The third-order valence-electron chi connectivity index (χ3n) is 2.58. The number of carboxylic acid groups (broad SMARTS) is 1. The van der Waals surface area contributed by atoms with Crippen molar-refractivity contribution in [2.24, 2.45) is 0 Å². The summed E-state index contributed by atoms with van der Waals surface area (Å²) in [5, 5.41) is 14.8. The summed E-state index contributed by atoms with van der Waals surface area (Å²) < 4.78 is 1.53. The minimum absolute atomic E-state index is 0.100. The second kappa shape index (κ2) is 4.36. The van der Waals surface area contributed by atoms with Crippen LogP contribution < -0.4 is 5.32 Å². The number of rotatable bonds is 3. The first-order valence-corrected chi connectivity index (χ1v) is 6.42. The van der Waals surface area contributed by atoms with Gasteiger partial charge in [-0.25, -0.2) is 14.8 Å². The lowest BCUT2D eigenvalue weighted by atomic mass is 10.4. The van der Waals surface area contributed by atoms with Gasteiger partial charge in [-0.1, -0.05) is 6.07 Å². The van der Waals surface area contributed by atoms with E-state index in [1.165, 1.54) is 15.7 Å². The minimum atomic E-state index is -1.03. The highest BCUT2D eigenvalue weighted by molar-refractivity contribution is 7.13. The third-order valence-corrected chi connectivity index (χ3v) is 3.45. The van der Waals surface area contributed by atoms with Gasteiger partial charge in [0.15, 0.2) is 16.6 Å². The number of hydrogen-bond donors (Lipinski definition) is 2. The van der Waals surface area contributed by atoms with Gasteiger partial charge in [-0.05, 0) is 19.1 Å². The maximum absolute atomic E-state index is 11.4. The van der Waals surface area contributed by atoms with Crippen molar-refractivity contribution >= 4 is 33.9 Å². The smallest absolute Gasteiger partial charge is 0.356 e. The second-order valence-electron chi connectivity index (χ2n) is 3.96. The van der Waals surface area contributed by atoms with E-state index in [9.17, 15) is 9.90 Å². The van der Waals surface area contributed by atoms with Crippen molar-refractivity contribution in [1.82, 2.24) is 14.4 Å². The Morgan fingerprint density at radius 3 is 2.95 bits per heavy atom. The van der Waals surface area contributed by atoms with Crippen LogP contribution in [0.4, 0.5) is 10.9 Å². The largest absolute Gasteiger partial charge is 0.476 e. The number of thiazole rings is 1. The van der Waals surface area contributed by atoms with Gasteiger partial charge in [-0.3, -0.25) is 4.40 Å². The van der Waals surface area contributed by atoms with Gasteiger partial charge in [0.2, 0.25) is 0 Å². The van der Waals surface area contributed by atoms with E-state index in [1.54, 1.807) is 18.3 Å². The van der Waals surface area contributed by atoms with Crippen LogP contribution in [-0.4, -0.2) is 25.4 Å². The molecule has 3 rings (SSSR count). The standard InChI is InChI=1S/C12H10N4O2S/c1-7-6-19-12(13-7)15-10-9(11(17)18)16-5-3-2-4-8(16)14-10/h2-6H,1H3,(H,13,15)(H,17,18). The number of nitrogens with zero attached hydrogens (tertiary/aromatic N) is 3. The predicted octanol–water partition coefficient (Wildman–Crippen LogP) is 2.54. The van der Waals surface area contributed by atoms with E-state index in [0.717, 1.165) is 5.69 Å². The highest BCUT2D eigenvalue weighted by atomic mass is 32.1. The Morgan fingerprint density at radius 1 is 1.42 bits per heavy atom. The normalized spacial score (nSPS) is 10.8. The molecule has 3 aromatic rings. The summed E-state index contributed by atoms with van der Waals surface area (Å²) in [5.41, 5.74) is 1.56. The van der Waals surface area contributed by atoms with Crippen molar-refractivity contribution in [3.63, 3.8) is 0 Å². The van der Waals surface area contributed by atoms with Crippen molar-refractivity contribution in [2.75, 3.05) is 5.32 Å². The molecule has 19 heavy (non-hydrogen) atoms. The maximum Gasteiger partial charge on any atom is 0.356 e. The molecular weight excluding hydrogens is 264 g/mol. The molecule has 0 amide bonds. The number of fused-ring (bicyclic) bond motifs is 1. The molecule has 0 radical (unpaired) electrons. The molecule has 0 saturated carbocycles. The van der Waals surface area contributed by atoms with Crippen LogP contribution in [0.5, 0.6) is 0 Å². The number of carbonyl (C=O) groups is 1. The van der Waals surface area contributed by atoms with E-state index in [1.807, 2.05) is 18.4 Å². The van der Waals surface area contributed by atoms with Crippen LogP contribution in [0.1, 0.15) is 16.2 Å². The molecule has 0 bridgehead atoms. The molecule has 0 aliphatic carbocycles. The Kier molecular flexibility index (Phi) is 2.68. The first kappa shape index (κ1) is 11.7. The number of aromatic carboxylic acids is 1. The van der Waals surface area contributed by atoms with E-state index < -0.39 is 5.97 Å². The zero-order valence-corrected chi connectivity index (χ0v) is 10.8. The molecular formula is C12H10N4O2S. The maximum atomic E-state index is 11.4. The molecule has 0 aromatic carbocycles. The molecule has 3 aromatic heterocycles. The summed E-state index contributed by atoms with van der Waals surface area (Å²) in [4.78, 5) is 19.9. The van der Waals surface area contributed by atoms with E-state index in [4.69, 9.17) is 0 Å². The van der Waals surface area contributed by atoms with Gasteiger partial charge in [-0.2, -0.15) is 0 Å². The number of carboxylic acids is 1. The van der Waals surface area contributed by atoms with Crippen LogP contribution in [0.2, 0.25) is 0 Å². The van der Waals surface area contributed by atoms with Crippen molar-refractivity contribution in [3.8, 4) is 0 Å². The fourth-order valence-electron chi connectivity index (χ4n) is 1.80. The molecule has 0 atom stereocenters. The summed E-state index contributed by atoms with van der Waals surface area (Å²) in [6.45, 7) is 1.88. The first-order valence-electron chi connectivity index (χ1n) is 5.54. The number of pyridine rings is 1. The summed E-state index contributed by atoms with van der Waals surface area (Å²) in [6, 6.07) is 5.33. The molecule has 0 aliphatic rings. The van der Waals surface area contributed by atoms with E-state index in [-0.39, 0.29) is 5.69 Å². The number of nitrogens with one attached hydrogen (secondary N) is 1. The van der Waals surface area contributed by atoms with E-state index in [0.29, 0.717) is 16.6 Å². The monoisotopic (exact) mass is 274 g/mol. The Bertz CT molecular complexity index is 762. The van der Waals surface area contributed by atoms with Gasteiger partial charge >= 0.3 is 5.97 Å². The zero-order chi connectivity index (χ0) is 13.4.